The van der Waals surface area contributed by atoms with E-state index in [1.807, 2.05) is 23.1 Å². The fraction of sp³-hybridized carbons (Fsp3) is 0.471. The zero-order valence-electron chi connectivity index (χ0n) is 24.7. The normalized spacial score (nSPS) is 22.5. The van der Waals surface area contributed by atoms with Crippen LogP contribution in [0.1, 0.15) is 43.2 Å². The molecule has 1 aromatic heterocycles. The second-order valence-electron chi connectivity index (χ2n) is 12.5. The van der Waals surface area contributed by atoms with Crippen LogP contribution in [0.4, 0.5) is 10.2 Å². The van der Waals surface area contributed by atoms with Crippen molar-refractivity contribution in [1.29, 1.82) is 0 Å². The Morgan fingerprint density at radius 2 is 2.02 bits per heavy atom. The van der Waals surface area contributed by atoms with E-state index in [0.717, 1.165) is 50.6 Å². The Balaban J connectivity index is 1.31. The number of ether oxygens (including phenoxy) is 1. The molecule has 1 amide bonds. The molecule has 0 radical (unpaired) electrons. The van der Waals surface area contributed by atoms with Crippen LogP contribution in [-0.4, -0.2) is 84.1 Å². The number of anilines is 1. The van der Waals surface area contributed by atoms with Crippen LogP contribution in [0.25, 0.3) is 26.9 Å². The van der Waals surface area contributed by atoms with E-state index in [4.69, 9.17) is 16.3 Å². The summed E-state index contributed by atoms with van der Waals surface area (Å²) in [6, 6.07) is 10.2. The van der Waals surface area contributed by atoms with Crippen molar-refractivity contribution >= 4 is 22.6 Å². The summed E-state index contributed by atoms with van der Waals surface area (Å²) in [4.78, 5) is 31.7. The molecule has 4 aliphatic rings. The zero-order valence-corrected chi connectivity index (χ0v) is 24.7. The number of nitrogens with zero attached hydrogens (tertiary/aromatic N) is 6. The second-order valence-corrected chi connectivity index (χ2v) is 12.5. The first-order valence-corrected chi connectivity index (χ1v) is 15.4. The van der Waals surface area contributed by atoms with Gasteiger partial charge in [-0.2, -0.15) is 9.97 Å². The number of aryl methyl sites for hydroxylation is 1. The minimum Gasteiger partial charge on any atom is -0.462 e. The molecule has 3 fully saturated rings. The third-order valence-electron chi connectivity index (χ3n) is 10.1. The smallest absolute Gasteiger partial charge is 0.319 e. The number of likely N-dealkylation sites (N-methyl/N-ethyl adjacent to an activating group) is 1. The van der Waals surface area contributed by atoms with Crippen molar-refractivity contribution in [2.45, 2.75) is 56.0 Å². The van der Waals surface area contributed by atoms with Crippen molar-refractivity contribution in [2.75, 3.05) is 51.3 Å². The molecule has 2 saturated heterocycles. The summed E-state index contributed by atoms with van der Waals surface area (Å²) < 4.78 is 22.9. The lowest BCUT2D eigenvalue weighted by molar-refractivity contribution is -0.128. The van der Waals surface area contributed by atoms with Gasteiger partial charge in [0.1, 0.15) is 24.0 Å². The van der Waals surface area contributed by atoms with E-state index in [1.54, 1.807) is 4.90 Å². The van der Waals surface area contributed by atoms with Gasteiger partial charge in [0.15, 0.2) is 5.82 Å². The number of hydrogen-bond donors (Lipinski definition) is 0. The van der Waals surface area contributed by atoms with Gasteiger partial charge < -0.3 is 24.3 Å². The topological polar surface area (TPSA) is 66.2 Å². The molecule has 3 heterocycles. The minimum atomic E-state index is -0.363. The first-order valence-electron chi connectivity index (χ1n) is 15.4. The van der Waals surface area contributed by atoms with Gasteiger partial charge in [0.2, 0.25) is 12.5 Å². The van der Waals surface area contributed by atoms with Crippen LogP contribution in [0.3, 0.4) is 0 Å². The maximum atomic E-state index is 16.8. The molecule has 0 unspecified atom stereocenters. The van der Waals surface area contributed by atoms with E-state index >= 15 is 4.39 Å². The average Bonchev–Trinajstić information content (AvgIpc) is 3.55. The lowest BCUT2D eigenvalue weighted by Gasteiger charge is -2.39. The van der Waals surface area contributed by atoms with Crippen LogP contribution in [0.15, 0.2) is 43.0 Å². The number of hydrogen-bond acceptors (Lipinski definition) is 6. The van der Waals surface area contributed by atoms with E-state index in [0.29, 0.717) is 43.0 Å². The number of aromatic nitrogens is 2. The van der Waals surface area contributed by atoms with Crippen molar-refractivity contribution < 1.29 is 13.9 Å². The Morgan fingerprint density at radius 3 is 2.77 bits per heavy atom. The van der Waals surface area contributed by atoms with Crippen molar-refractivity contribution in [1.82, 2.24) is 19.8 Å². The van der Waals surface area contributed by atoms with E-state index < -0.39 is 0 Å². The Hall–Kier alpha value is -4.03. The standard InChI is InChI=1S/C34H37FN6O2/c1-4-28(42)41-18-17-40(20-24(41)19-36-2)32-27-11-10-26(25-9-5-7-22-12-13-34(14-15-34)29(22)25)30(35)31(27)37-33(38-32)43-21-23-8-6-16-39(23)3/h4-5,7,9-11,23-24H,1,6,8,12-21H2,3H3/t23-,24-/m0/s1. The van der Waals surface area contributed by atoms with Crippen LogP contribution < -0.4 is 9.64 Å². The molecule has 1 spiro atoms. The average molecular weight is 581 g/mol. The highest BCUT2D eigenvalue weighted by Crippen LogP contribution is 2.59. The predicted octanol–water partition coefficient (Wildman–Crippen LogP) is 5.01. The van der Waals surface area contributed by atoms with E-state index in [-0.39, 0.29) is 47.3 Å². The minimum absolute atomic E-state index is 0.155. The number of carbonyl (C=O) groups is 1. The first-order chi connectivity index (χ1) is 20.9. The fourth-order valence-electron chi connectivity index (χ4n) is 7.53. The second kappa shape index (κ2) is 10.9. The molecule has 7 rings (SSSR count). The van der Waals surface area contributed by atoms with Gasteiger partial charge in [0.05, 0.1) is 0 Å². The third-order valence-corrected chi connectivity index (χ3v) is 10.1. The van der Waals surface area contributed by atoms with Crippen molar-refractivity contribution in [3.05, 3.63) is 71.3 Å². The molecule has 9 heteroatoms. The number of fused-ring (bicyclic) bond motifs is 3. The molecular weight excluding hydrogens is 543 g/mol. The summed E-state index contributed by atoms with van der Waals surface area (Å²) in [5.41, 5.74) is 4.62. The van der Waals surface area contributed by atoms with Crippen LogP contribution in [0.2, 0.25) is 0 Å². The summed E-state index contributed by atoms with van der Waals surface area (Å²) in [6.07, 6.45) is 7.96. The molecule has 2 aromatic carbocycles. The van der Waals surface area contributed by atoms with Crippen LogP contribution >= 0.6 is 0 Å². The highest BCUT2D eigenvalue weighted by molar-refractivity contribution is 5.94. The Labute approximate surface area is 252 Å². The van der Waals surface area contributed by atoms with Gasteiger partial charge in [-0.15, -0.1) is 0 Å². The van der Waals surface area contributed by atoms with Crippen molar-refractivity contribution in [3.8, 4) is 17.1 Å². The Morgan fingerprint density at radius 1 is 1.16 bits per heavy atom. The van der Waals surface area contributed by atoms with Gasteiger partial charge in [0.25, 0.3) is 0 Å². The summed E-state index contributed by atoms with van der Waals surface area (Å²) in [7, 11) is 2.09. The largest absolute Gasteiger partial charge is 0.462 e. The predicted molar refractivity (Wildman–Crippen MR) is 165 cm³/mol. The van der Waals surface area contributed by atoms with Gasteiger partial charge in [-0.25, -0.2) is 11.0 Å². The number of piperazine rings is 1. The molecule has 0 N–H and O–H groups in total. The molecule has 2 aliphatic heterocycles. The number of rotatable bonds is 7. The maximum Gasteiger partial charge on any atom is 0.319 e. The zero-order chi connectivity index (χ0) is 29.7. The molecule has 2 aliphatic carbocycles. The lowest BCUT2D eigenvalue weighted by Crippen LogP contribution is -2.56. The van der Waals surface area contributed by atoms with Gasteiger partial charge in [-0.1, -0.05) is 30.8 Å². The SMILES string of the molecule is [C-]#[N+]C[C@H]1CN(c2nc(OC[C@@H]3CCCN3C)nc3c(F)c(-c4cccc5c4C4(CC5)CC4)ccc23)CCN1C(=O)C=C. The summed E-state index contributed by atoms with van der Waals surface area (Å²) in [6.45, 7) is 14.0. The third kappa shape index (κ3) is 4.82. The fourth-order valence-corrected chi connectivity index (χ4v) is 7.53. The highest BCUT2D eigenvalue weighted by Gasteiger charge is 2.50. The maximum absolute atomic E-state index is 16.8. The molecule has 0 bridgehead atoms. The summed E-state index contributed by atoms with van der Waals surface area (Å²) in [5, 5.41) is 0.602. The van der Waals surface area contributed by atoms with Crippen molar-refractivity contribution in [2.24, 2.45) is 0 Å². The van der Waals surface area contributed by atoms with E-state index in [2.05, 4.69) is 40.5 Å². The Kier molecular flexibility index (Phi) is 7.05. The molecule has 2 atom stereocenters. The van der Waals surface area contributed by atoms with Crippen LogP contribution in [-0.2, 0) is 16.6 Å². The molecule has 222 valence electrons. The van der Waals surface area contributed by atoms with Crippen LogP contribution in [0.5, 0.6) is 6.01 Å². The molecule has 1 saturated carbocycles. The van der Waals surface area contributed by atoms with Gasteiger partial charge >= 0.3 is 6.01 Å². The molecule has 3 aromatic rings. The van der Waals surface area contributed by atoms with Gasteiger partial charge in [0, 0.05) is 36.6 Å². The number of amides is 1. The number of halogens is 1. The Bertz CT molecular complexity index is 1650. The summed E-state index contributed by atoms with van der Waals surface area (Å²) >= 11 is 0. The number of carbonyl (C=O) groups excluding carboxylic acids is 1. The molecule has 43 heavy (non-hydrogen) atoms. The van der Waals surface area contributed by atoms with Gasteiger partial charge in [-0.05, 0) is 86.4 Å². The molecule has 8 nitrogen and oxygen atoms in total. The van der Waals surface area contributed by atoms with E-state index in [1.165, 1.54) is 17.2 Å². The highest BCUT2D eigenvalue weighted by atomic mass is 19.1. The van der Waals surface area contributed by atoms with Gasteiger partial charge in [-0.3, -0.25) is 4.79 Å². The lowest BCUT2D eigenvalue weighted by atomic mass is 9.89. The van der Waals surface area contributed by atoms with E-state index in [9.17, 15) is 4.79 Å². The molecular formula is C34H37FN6O2. The van der Waals surface area contributed by atoms with Crippen molar-refractivity contribution in [3.63, 3.8) is 0 Å². The monoisotopic (exact) mass is 580 g/mol. The van der Waals surface area contributed by atoms with Crippen LogP contribution in [0, 0.1) is 12.4 Å². The first kappa shape index (κ1) is 27.8. The quantitative estimate of drug-likeness (QED) is 0.289. The number of benzene rings is 2. The number of likely N-dealkylation sites (tertiary alicyclic amines) is 1. The summed E-state index contributed by atoms with van der Waals surface area (Å²) in [5.74, 6) is 0.0196.